The number of carbonyl (C=O) groups excluding carboxylic acids is 2. The Bertz CT molecular complexity index is 1330. The van der Waals surface area contributed by atoms with E-state index in [-0.39, 0.29) is 29.7 Å². The van der Waals surface area contributed by atoms with Crippen LogP contribution in [-0.2, 0) is 37.3 Å². The van der Waals surface area contributed by atoms with Gasteiger partial charge in [-0.05, 0) is 47.4 Å². The summed E-state index contributed by atoms with van der Waals surface area (Å²) in [4.78, 5) is 29.0. The Balaban J connectivity index is 1.88. The van der Waals surface area contributed by atoms with E-state index in [4.69, 9.17) is 9.47 Å². The van der Waals surface area contributed by atoms with Crippen LogP contribution in [0, 0.1) is 0 Å². The van der Waals surface area contributed by atoms with Gasteiger partial charge in [0.1, 0.15) is 11.8 Å². The van der Waals surface area contributed by atoms with Gasteiger partial charge in [0.25, 0.3) is 0 Å². The van der Waals surface area contributed by atoms with Crippen molar-refractivity contribution < 1.29 is 27.5 Å². The standard InChI is InChI=1S/C30H37N3O6S/c1-4-32-40(36,37)27-17-12-23(13-18-27)14-19-28(34)33(22-24-10-15-26(39-3)16-11-24)29(25-8-6-5-7-9-25)30(35)31-20-21-38-2/h5-13,15-18,29,32H,4,14,19-22H2,1-3H3,(H,31,35)/t29-/m0/s1. The van der Waals surface area contributed by atoms with Gasteiger partial charge in [-0.1, -0.05) is 61.5 Å². The fraction of sp³-hybridized carbons (Fsp3) is 0.333. The molecular weight excluding hydrogens is 530 g/mol. The predicted molar refractivity (Wildman–Crippen MR) is 153 cm³/mol. The summed E-state index contributed by atoms with van der Waals surface area (Å²) in [6.07, 6.45) is 0.510. The van der Waals surface area contributed by atoms with Gasteiger partial charge in [0.2, 0.25) is 21.8 Å². The Morgan fingerprint density at radius 1 is 0.900 bits per heavy atom. The number of nitrogens with zero attached hydrogens (tertiary/aromatic N) is 1. The molecule has 0 unspecified atom stereocenters. The van der Waals surface area contributed by atoms with Crippen molar-refractivity contribution in [2.24, 2.45) is 0 Å². The average Bonchev–Trinajstić information content (AvgIpc) is 2.97. The summed E-state index contributed by atoms with van der Waals surface area (Å²) in [5.41, 5.74) is 2.35. The molecule has 10 heteroatoms. The zero-order valence-electron chi connectivity index (χ0n) is 23.1. The summed E-state index contributed by atoms with van der Waals surface area (Å²) < 4.78 is 37.3. The monoisotopic (exact) mass is 567 g/mol. The number of methoxy groups -OCH3 is 2. The molecule has 0 heterocycles. The molecule has 40 heavy (non-hydrogen) atoms. The zero-order chi connectivity index (χ0) is 29.0. The van der Waals surface area contributed by atoms with Crippen molar-refractivity contribution in [1.29, 1.82) is 0 Å². The fourth-order valence-electron chi connectivity index (χ4n) is 4.24. The highest BCUT2D eigenvalue weighted by Crippen LogP contribution is 2.26. The molecule has 0 aliphatic carbocycles. The quantitative estimate of drug-likeness (QED) is 0.272. The predicted octanol–water partition coefficient (Wildman–Crippen LogP) is 3.46. The summed E-state index contributed by atoms with van der Waals surface area (Å²) in [6, 6.07) is 22.2. The number of sulfonamides is 1. The highest BCUT2D eigenvalue weighted by atomic mass is 32.2. The summed E-state index contributed by atoms with van der Waals surface area (Å²) in [5.74, 6) is 0.178. The lowest BCUT2D eigenvalue weighted by Crippen LogP contribution is -2.44. The second-order valence-corrected chi connectivity index (χ2v) is 10.9. The van der Waals surface area contributed by atoms with E-state index in [1.54, 1.807) is 38.2 Å². The third-order valence-corrected chi connectivity index (χ3v) is 7.87. The minimum atomic E-state index is -3.56. The van der Waals surface area contributed by atoms with Crippen LogP contribution in [-0.4, -0.2) is 59.0 Å². The Morgan fingerprint density at radius 3 is 2.15 bits per heavy atom. The first kappa shape index (κ1) is 30.8. The van der Waals surface area contributed by atoms with Crippen molar-refractivity contribution in [3.05, 3.63) is 95.6 Å². The average molecular weight is 568 g/mol. The van der Waals surface area contributed by atoms with E-state index in [1.165, 1.54) is 12.1 Å². The van der Waals surface area contributed by atoms with E-state index < -0.39 is 16.1 Å². The number of ether oxygens (including phenoxy) is 2. The molecule has 0 aliphatic heterocycles. The molecule has 3 aromatic carbocycles. The van der Waals surface area contributed by atoms with Crippen molar-refractivity contribution in [2.75, 3.05) is 33.9 Å². The second-order valence-electron chi connectivity index (χ2n) is 9.11. The molecule has 2 amide bonds. The van der Waals surface area contributed by atoms with Crippen LogP contribution in [0.2, 0.25) is 0 Å². The lowest BCUT2D eigenvalue weighted by atomic mass is 10.0. The van der Waals surface area contributed by atoms with E-state index in [9.17, 15) is 18.0 Å². The van der Waals surface area contributed by atoms with Gasteiger partial charge in [-0.25, -0.2) is 13.1 Å². The third kappa shape index (κ3) is 8.64. The van der Waals surface area contributed by atoms with Crippen LogP contribution in [0.5, 0.6) is 5.75 Å². The highest BCUT2D eigenvalue weighted by molar-refractivity contribution is 7.89. The van der Waals surface area contributed by atoms with Crippen molar-refractivity contribution in [3.8, 4) is 5.75 Å². The van der Waals surface area contributed by atoms with E-state index in [2.05, 4.69) is 10.0 Å². The molecule has 1 atom stereocenters. The summed E-state index contributed by atoms with van der Waals surface area (Å²) in [6.45, 7) is 2.88. The first-order valence-electron chi connectivity index (χ1n) is 13.1. The number of hydrogen-bond acceptors (Lipinski definition) is 6. The minimum Gasteiger partial charge on any atom is -0.497 e. The highest BCUT2D eigenvalue weighted by Gasteiger charge is 2.31. The van der Waals surface area contributed by atoms with Gasteiger partial charge < -0.3 is 19.7 Å². The van der Waals surface area contributed by atoms with Gasteiger partial charge in [-0.15, -0.1) is 0 Å². The molecule has 0 saturated heterocycles. The van der Waals surface area contributed by atoms with E-state index in [0.717, 1.165) is 11.1 Å². The molecule has 3 aromatic rings. The van der Waals surface area contributed by atoms with Gasteiger partial charge >= 0.3 is 0 Å². The van der Waals surface area contributed by atoms with Crippen LogP contribution in [0.1, 0.15) is 36.1 Å². The maximum atomic E-state index is 13.8. The number of benzene rings is 3. The number of aryl methyl sites for hydroxylation is 1. The Hall–Kier alpha value is -3.73. The molecule has 0 aliphatic rings. The van der Waals surface area contributed by atoms with Gasteiger partial charge in [-0.2, -0.15) is 0 Å². The molecule has 0 fully saturated rings. The molecule has 9 nitrogen and oxygen atoms in total. The van der Waals surface area contributed by atoms with Crippen molar-refractivity contribution in [1.82, 2.24) is 14.9 Å². The van der Waals surface area contributed by atoms with Gasteiger partial charge in [-0.3, -0.25) is 9.59 Å². The Kier molecular flexibility index (Phi) is 11.7. The maximum Gasteiger partial charge on any atom is 0.247 e. The van der Waals surface area contributed by atoms with Crippen molar-refractivity contribution in [2.45, 2.75) is 37.2 Å². The largest absolute Gasteiger partial charge is 0.497 e. The summed E-state index contributed by atoms with van der Waals surface area (Å²) >= 11 is 0. The molecule has 0 spiro atoms. The van der Waals surface area contributed by atoms with Crippen LogP contribution in [0.3, 0.4) is 0 Å². The fourth-order valence-corrected chi connectivity index (χ4v) is 5.28. The third-order valence-electron chi connectivity index (χ3n) is 6.31. The second kappa shape index (κ2) is 15.2. The van der Waals surface area contributed by atoms with Crippen LogP contribution in [0.4, 0.5) is 0 Å². The van der Waals surface area contributed by atoms with E-state index in [1.807, 2.05) is 54.6 Å². The van der Waals surface area contributed by atoms with Crippen LogP contribution >= 0.6 is 0 Å². The molecule has 0 saturated carbocycles. The van der Waals surface area contributed by atoms with E-state index >= 15 is 0 Å². The Morgan fingerprint density at radius 2 is 1.55 bits per heavy atom. The number of amides is 2. The molecule has 0 bridgehead atoms. The molecule has 214 valence electrons. The lowest BCUT2D eigenvalue weighted by molar-refractivity contribution is -0.141. The zero-order valence-corrected chi connectivity index (χ0v) is 23.9. The molecule has 2 N–H and O–H groups in total. The normalized spacial score (nSPS) is 12.0. The number of hydrogen-bond donors (Lipinski definition) is 2. The lowest BCUT2D eigenvalue weighted by Gasteiger charge is -2.32. The maximum absolute atomic E-state index is 13.8. The minimum absolute atomic E-state index is 0.129. The van der Waals surface area contributed by atoms with Crippen LogP contribution in [0.15, 0.2) is 83.8 Å². The first-order valence-corrected chi connectivity index (χ1v) is 14.6. The topological polar surface area (TPSA) is 114 Å². The van der Waals surface area contributed by atoms with Crippen molar-refractivity contribution in [3.63, 3.8) is 0 Å². The molecule has 3 rings (SSSR count). The van der Waals surface area contributed by atoms with Gasteiger partial charge in [0.15, 0.2) is 0 Å². The molecule has 0 radical (unpaired) electrons. The van der Waals surface area contributed by atoms with Crippen LogP contribution < -0.4 is 14.8 Å². The molecular formula is C30H37N3O6S. The van der Waals surface area contributed by atoms with Gasteiger partial charge in [0, 0.05) is 33.2 Å². The molecule has 0 aromatic heterocycles. The van der Waals surface area contributed by atoms with Gasteiger partial charge in [0.05, 0.1) is 18.6 Å². The summed E-state index contributed by atoms with van der Waals surface area (Å²) in [5, 5.41) is 2.89. The number of nitrogens with one attached hydrogen (secondary N) is 2. The van der Waals surface area contributed by atoms with E-state index in [0.29, 0.717) is 37.4 Å². The van der Waals surface area contributed by atoms with Crippen LogP contribution in [0.25, 0.3) is 0 Å². The first-order chi connectivity index (χ1) is 19.3. The number of carbonyl (C=O) groups is 2. The Labute approximate surface area is 236 Å². The SMILES string of the molecule is CCNS(=O)(=O)c1ccc(CCC(=O)N(Cc2ccc(OC)cc2)[C@H](C(=O)NCCOC)c2ccccc2)cc1. The summed E-state index contributed by atoms with van der Waals surface area (Å²) in [7, 11) is -0.416. The van der Waals surface area contributed by atoms with Crippen molar-refractivity contribution >= 4 is 21.8 Å². The number of rotatable bonds is 15. The smallest absolute Gasteiger partial charge is 0.247 e.